The van der Waals surface area contributed by atoms with Crippen molar-refractivity contribution >= 4 is 21.5 Å². The van der Waals surface area contributed by atoms with E-state index in [0.717, 1.165) is 16.6 Å². The van der Waals surface area contributed by atoms with Crippen LogP contribution in [0.2, 0.25) is 0 Å². The predicted molar refractivity (Wildman–Crippen MR) is 83.4 cm³/mol. The van der Waals surface area contributed by atoms with E-state index in [0.29, 0.717) is 0 Å². The van der Waals surface area contributed by atoms with Crippen molar-refractivity contribution in [2.24, 2.45) is 0 Å². The summed E-state index contributed by atoms with van der Waals surface area (Å²) in [5.41, 5.74) is 2.00. The molecule has 0 aliphatic rings. The molecule has 0 atom stereocenters. The summed E-state index contributed by atoms with van der Waals surface area (Å²) in [7, 11) is 0. The Bertz CT molecular complexity index is 942. The molecule has 0 fully saturated rings. The second-order valence-corrected chi connectivity index (χ2v) is 5.11. The summed E-state index contributed by atoms with van der Waals surface area (Å²) in [5.74, 6) is -0.218. The molecule has 0 unspecified atom stereocenters. The first-order valence-corrected chi connectivity index (χ1v) is 6.91. The number of rotatable bonds is 1. The van der Waals surface area contributed by atoms with E-state index < -0.39 is 0 Å². The van der Waals surface area contributed by atoms with Crippen LogP contribution in [0.3, 0.4) is 0 Å². The van der Waals surface area contributed by atoms with Crippen LogP contribution in [0.15, 0.2) is 72.9 Å². The molecule has 0 spiro atoms. The molecule has 1 nitrogen and oxygen atoms in total. The first-order valence-electron chi connectivity index (χ1n) is 6.91. The van der Waals surface area contributed by atoms with Crippen molar-refractivity contribution in [3.8, 4) is 11.3 Å². The van der Waals surface area contributed by atoms with Crippen molar-refractivity contribution in [3.05, 3.63) is 78.7 Å². The van der Waals surface area contributed by atoms with Crippen LogP contribution in [0.1, 0.15) is 0 Å². The number of aromatic nitrogens is 1. The molecule has 0 bridgehead atoms. The molecule has 0 aliphatic carbocycles. The Hall–Kier alpha value is -2.74. The third kappa shape index (κ3) is 1.96. The van der Waals surface area contributed by atoms with Crippen LogP contribution in [0, 0.1) is 5.82 Å². The van der Waals surface area contributed by atoms with Gasteiger partial charge in [0.25, 0.3) is 0 Å². The highest BCUT2D eigenvalue weighted by Crippen LogP contribution is 2.29. The van der Waals surface area contributed by atoms with Gasteiger partial charge in [0, 0.05) is 17.0 Å². The monoisotopic (exact) mass is 274 g/mol. The second-order valence-electron chi connectivity index (χ2n) is 5.11. The van der Waals surface area contributed by atoms with Gasteiger partial charge in [0.1, 0.15) is 5.82 Å². The van der Waals surface area contributed by atoms with E-state index in [9.17, 15) is 4.39 Å². The lowest BCUT2D eigenvalue weighted by Crippen LogP contribution is -2.06. The Balaban J connectivity index is 2.06. The highest BCUT2D eigenvalue weighted by Gasteiger charge is 2.12. The van der Waals surface area contributed by atoms with E-state index in [1.165, 1.54) is 28.3 Å². The van der Waals surface area contributed by atoms with Crippen molar-refractivity contribution in [3.63, 3.8) is 0 Å². The van der Waals surface area contributed by atoms with E-state index in [4.69, 9.17) is 0 Å². The zero-order valence-corrected chi connectivity index (χ0v) is 11.3. The van der Waals surface area contributed by atoms with E-state index in [1.807, 2.05) is 12.3 Å². The van der Waals surface area contributed by atoms with Crippen LogP contribution < -0.4 is 4.98 Å². The number of hydrogen-bond acceptors (Lipinski definition) is 0. The van der Waals surface area contributed by atoms with Crippen molar-refractivity contribution in [2.75, 3.05) is 0 Å². The summed E-state index contributed by atoms with van der Waals surface area (Å²) in [4.78, 5) is 3.29. The molecule has 0 saturated heterocycles. The fourth-order valence-electron chi connectivity index (χ4n) is 2.83. The van der Waals surface area contributed by atoms with Gasteiger partial charge in [-0.15, -0.1) is 0 Å². The molecule has 3 aromatic carbocycles. The number of halogens is 1. The van der Waals surface area contributed by atoms with Gasteiger partial charge in [0.2, 0.25) is 5.69 Å². The first-order chi connectivity index (χ1) is 10.3. The molecule has 1 N–H and O–H groups in total. The van der Waals surface area contributed by atoms with E-state index in [1.54, 1.807) is 12.1 Å². The molecule has 4 aromatic rings. The quantitative estimate of drug-likeness (QED) is 0.450. The third-order valence-electron chi connectivity index (χ3n) is 3.85. The molecule has 2 heteroatoms. The summed E-state index contributed by atoms with van der Waals surface area (Å²) in [6.45, 7) is 0. The van der Waals surface area contributed by atoms with Crippen LogP contribution in [-0.2, 0) is 0 Å². The SMILES string of the molecule is Fc1ccc(-c2[nH+]ccc3c2ccc2ccccc23)cc1. The standard InChI is InChI=1S/C19H12FN/c20-15-8-5-14(6-9-15)19-18-10-7-13-3-1-2-4-16(13)17(18)11-12-21-19/h1-12H/p+1. The van der Waals surface area contributed by atoms with Gasteiger partial charge in [-0.2, -0.15) is 0 Å². The largest absolute Gasteiger partial charge is 0.218 e. The molecule has 0 radical (unpaired) electrons. The highest BCUT2D eigenvalue weighted by molar-refractivity contribution is 6.10. The third-order valence-corrected chi connectivity index (χ3v) is 3.85. The van der Waals surface area contributed by atoms with Crippen LogP contribution in [0.25, 0.3) is 32.8 Å². The van der Waals surface area contributed by atoms with Gasteiger partial charge in [-0.25, -0.2) is 9.37 Å². The second kappa shape index (κ2) is 4.67. The number of H-pyrrole nitrogens is 1. The van der Waals surface area contributed by atoms with Gasteiger partial charge < -0.3 is 0 Å². The summed E-state index contributed by atoms with van der Waals surface area (Å²) >= 11 is 0. The molecule has 100 valence electrons. The summed E-state index contributed by atoms with van der Waals surface area (Å²) in [5, 5.41) is 4.79. The maximum absolute atomic E-state index is 13.1. The highest BCUT2D eigenvalue weighted by atomic mass is 19.1. The molecule has 1 aromatic heterocycles. The zero-order valence-electron chi connectivity index (χ0n) is 11.3. The average Bonchev–Trinajstić information content (AvgIpc) is 2.55. The Morgan fingerprint density at radius 3 is 2.33 bits per heavy atom. The van der Waals surface area contributed by atoms with Crippen molar-refractivity contribution in [1.82, 2.24) is 0 Å². The number of aromatic amines is 1. The van der Waals surface area contributed by atoms with Crippen molar-refractivity contribution in [1.29, 1.82) is 0 Å². The topological polar surface area (TPSA) is 14.1 Å². The fourth-order valence-corrected chi connectivity index (χ4v) is 2.83. The summed E-state index contributed by atoms with van der Waals surface area (Å²) in [6, 6.07) is 21.3. The van der Waals surface area contributed by atoms with Gasteiger partial charge in [-0.05, 0) is 41.1 Å². The molecule has 21 heavy (non-hydrogen) atoms. The van der Waals surface area contributed by atoms with E-state index in [2.05, 4.69) is 41.4 Å². The maximum Gasteiger partial charge on any atom is 0.218 e. The molecule has 4 rings (SSSR count). The summed E-state index contributed by atoms with van der Waals surface area (Å²) in [6.07, 6.45) is 1.94. The van der Waals surface area contributed by atoms with Gasteiger partial charge in [-0.1, -0.05) is 30.3 Å². The maximum atomic E-state index is 13.1. The van der Waals surface area contributed by atoms with Crippen molar-refractivity contribution < 1.29 is 9.37 Å². The van der Waals surface area contributed by atoms with Gasteiger partial charge >= 0.3 is 0 Å². The number of pyridine rings is 1. The predicted octanol–water partition coefficient (Wildman–Crippen LogP) is 4.61. The minimum Gasteiger partial charge on any atom is -0.211 e. The van der Waals surface area contributed by atoms with Crippen LogP contribution in [-0.4, -0.2) is 0 Å². The van der Waals surface area contributed by atoms with Gasteiger partial charge in [-0.3, -0.25) is 0 Å². The van der Waals surface area contributed by atoms with E-state index in [-0.39, 0.29) is 5.82 Å². The molecule has 0 saturated carbocycles. The summed E-state index contributed by atoms with van der Waals surface area (Å²) < 4.78 is 13.1. The fraction of sp³-hybridized carbons (Fsp3) is 0. The van der Waals surface area contributed by atoms with Gasteiger partial charge in [0.05, 0.1) is 5.39 Å². The minimum atomic E-state index is -0.218. The molecular formula is C19H13FN+. The Kier molecular flexibility index (Phi) is 2.68. The first kappa shape index (κ1) is 12.0. The Morgan fingerprint density at radius 1 is 0.667 bits per heavy atom. The van der Waals surface area contributed by atoms with Crippen molar-refractivity contribution in [2.45, 2.75) is 0 Å². The smallest absolute Gasteiger partial charge is 0.211 e. The van der Waals surface area contributed by atoms with Crippen LogP contribution >= 0.6 is 0 Å². The molecule has 1 heterocycles. The zero-order chi connectivity index (χ0) is 14.2. The lowest BCUT2D eigenvalue weighted by atomic mass is 9.99. The number of nitrogens with one attached hydrogen (secondary N) is 1. The van der Waals surface area contributed by atoms with Crippen LogP contribution in [0.5, 0.6) is 0 Å². The lowest BCUT2D eigenvalue weighted by molar-refractivity contribution is -0.362. The molecular weight excluding hydrogens is 261 g/mol. The Labute approximate surface area is 121 Å². The normalized spacial score (nSPS) is 11.1. The van der Waals surface area contributed by atoms with E-state index >= 15 is 0 Å². The van der Waals surface area contributed by atoms with Crippen LogP contribution in [0.4, 0.5) is 4.39 Å². The molecule has 0 aliphatic heterocycles. The molecule has 0 amide bonds. The number of benzene rings is 3. The van der Waals surface area contributed by atoms with Gasteiger partial charge in [0.15, 0.2) is 6.20 Å². The Morgan fingerprint density at radius 2 is 1.48 bits per heavy atom. The average molecular weight is 274 g/mol. The minimum absolute atomic E-state index is 0.218. The number of fused-ring (bicyclic) bond motifs is 3. The lowest BCUT2D eigenvalue weighted by Gasteiger charge is -2.05. The number of hydrogen-bond donors (Lipinski definition) is 0.